The minimum atomic E-state index is -4.33. The molecule has 2 nitrogen and oxygen atoms in total. The van der Waals surface area contributed by atoms with Crippen molar-refractivity contribution in [2.75, 3.05) is 13.1 Å². The highest BCUT2D eigenvalue weighted by atomic mass is 19.4. The number of ether oxygens (including phenoxy) is 1. The van der Waals surface area contributed by atoms with Crippen LogP contribution in [0.1, 0.15) is 32.3 Å². The molecule has 1 aromatic rings. The number of halogens is 3. The van der Waals surface area contributed by atoms with Gasteiger partial charge in [-0.15, -0.1) is 0 Å². The zero-order chi connectivity index (χ0) is 14.3. The Morgan fingerprint density at radius 3 is 2.68 bits per heavy atom. The Kier molecular flexibility index (Phi) is 6.15. The number of hydrogen-bond acceptors (Lipinski definition) is 2. The summed E-state index contributed by atoms with van der Waals surface area (Å²) in [5.41, 5.74) is -0.684. The van der Waals surface area contributed by atoms with Crippen molar-refractivity contribution >= 4 is 0 Å². The van der Waals surface area contributed by atoms with Crippen LogP contribution in [0.25, 0.3) is 0 Å². The minimum absolute atomic E-state index is 0.166. The fourth-order valence-corrected chi connectivity index (χ4v) is 1.63. The van der Waals surface area contributed by atoms with Crippen LogP contribution in [0, 0.1) is 0 Å². The van der Waals surface area contributed by atoms with Gasteiger partial charge in [-0.2, -0.15) is 13.2 Å². The minimum Gasteiger partial charge on any atom is -0.489 e. The molecule has 19 heavy (non-hydrogen) atoms. The van der Waals surface area contributed by atoms with Gasteiger partial charge in [0, 0.05) is 6.54 Å². The molecule has 1 unspecified atom stereocenters. The van der Waals surface area contributed by atoms with Gasteiger partial charge in [0.25, 0.3) is 0 Å². The fraction of sp³-hybridized carbons (Fsp3) is 0.571. The molecule has 0 aliphatic heterocycles. The van der Waals surface area contributed by atoms with E-state index in [4.69, 9.17) is 4.74 Å². The molecule has 0 fully saturated rings. The molecule has 0 amide bonds. The van der Waals surface area contributed by atoms with Crippen LogP contribution in [-0.2, 0) is 6.18 Å². The number of rotatable bonds is 7. The smallest absolute Gasteiger partial charge is 0.416 e. The predicted molar refractivity (Wildman–Crippen MR) is 69.3 cm³/mol. The molecule has 0 bridgehead atoms. The van der Waals surface area contributed by atoms with E-state index in [1.54, 1.807) is 0 Å². The van der Waals surface area contributed by atoms with Crippen molar-refractivity contribution in [1.82, 2.24) is 5.32 Å². The summed E-state index contributed by atoms with van der Waals surface area (Å²) in [6.07, 6.45) is -2.31. The Hall–Kier alpha value is -1.23. The first-order valence-corrected chi connectivity index (χ1v) is 6.48. The SMILES string of the molecule is CCCCNCC(C)Oc1cccc(C(F)(F)F)c1. The second kappa shape index (κ2) is 7.38. The molecule has 5 heteroatoms. The summed E-state index contributed by atoms with van der Waals surface area (Å²) < 4.78 is 43.0. The third-order valence-electron chi connectivity index (χ3n) is 2.64. The number of unbranched alkanes of at least 4 members (excludes halogenated alkanes) is 1. The molecule has 1 N–H and O–H groups in total. The normalized spacial score (nSPS) is 13.3. The van der Waals surface area contributed by atoms with E-state index in [2.05, 4.69) is 12.2 Å². The molecule has 0 aromatic heterocycles. The molecule has 0 aliphatic rings. The highest BCUT2D eigenvalue weighted by Gasteiger charge is 2.30. The zero-order valence-electron chi connectivity index (χ0n) is 11.3. The lowest BCUT2D eigenvalue weighted by Crippen LogP contribution is -2.29. The highest BCUT2D eigenvalue weighted by molar-refractivity contribution is 5.30. The quantitative estimate of drug-likeness (QED) is 0.763. The van der Waals surface area contributed by atoms with Crippen LogP contribution < -0.4 is 10.1 Å². The molecule has 1 atom stereocenters. The van der Waals surface area contributed by atoms with Crippen molar-refractivity contribution in [1.29, 1.82) is 0 Å². The summed E-state index contributed by atoms with van der Waals surface area (Å²) in [5.74, 6) is 0.250. The summed E-state index contributed by atoms with van der Waals surface area (Å²) in [4.78, 5) is 0. The maximum Gasteiger partial charge on any atom is 0.416 e. The van der Waals surface area contributed by atoms with E-state index in [9.17, 15) is 13.2 Å². The molecule has 0 saturated heterocycles. The molecule has 108 valence electrons. The van der Waals surface area contributed by atoms with Crippen LogP contribution in [0.2, 0.25) is 0 Å². The summed E-state index contributed by atoms with van der Waals surface area (Å²) in [6, 6.07) is 4.97. The topological polar surface area (TPSA) is 21.3 Å². The Morgan fingerprint density at radius 2 is 2.05 bits per heavy atom. The van der Waals surface area contributed by atoms with Gasteiger partial charge in [0.15, 0.2) is 0 Å². The number of hydrogen-bond donors (Lipinski definition) is 1. The van der Waals surface area contributed by atoms with Crippen LogP contribution in [0.3, 0.4) is 0 Å². The lowest BCUT2D eigenvalue weighted by molar-refractivity contribution is -0.137. The first-order chi connectivity index (χ1) is 8.93. The van der Waals surface area contributed by atoms with Gasteiger partial charge in [-0.05, 0) is 38.1 Å². The number of alkyl halides is 3. The monoisotopic (exact) mass is 275 g/mol. The molecule has 1 rings (SSSR count). The Bertz CT molecular complexity index is 379. The number of nitrogens with one attached hydrogen (secondary N) is 1. The van der Waals surface area contributed by atoms with E-state index < -0.39 is 11.7 Å². The second-order valence-corrected chi connectivity index (χ2v) is 4.51. The first kappa shape index (κ1) is 15.8. The van der Waals surface area contributed by atoms with Crippen molar-refractivity contribution in [3.05, 3.63) is 29.8 Å². The number of benzene rings is 1. The van der Waals surface area contributed by atoms with Crippen LogP contribution in [0.15, 0.2) is 24.3 Å². The standard InChI is InChI=1S/C14H20F3NO/c1-3-4-8-18-10-11(2)19-13-7-5-6-12(9-13)14(15,16)17/h5-7,9,11,18H,3-4,8,10H2,1-2H3. The summed E-state index contributed by atoms with van der Waals surface area (Å²) in [6.45, 7) is 5.45. The zero-order valence-corrected chi connectivity index (χ0v) is 11.3. The fourth-order valence-electron chi connectivity index (χ4n) is 1.63. The summed E-state index contributed by atoms with van der Waals surface area (Å²) in [5, 5.41) is 3.20. The maximum atomic E-state index is 12.5. The van der Waals surface area contributed by atoms with Crippen LogP contribution in [0.5, 0.6) is 5.75 Å². The highest BCUT2D eigenvalue weighted by Crippen LogP contribution is 2.31. The van der Waals surface area contributed by atoms with Crippen molar-refractivity contribution in [2.24, 2.45) is 0 Å². The van der Waals surface area contributed by atoms with E-state index in [1.807, 2.05) is 6.92 Å². The van der Waals surface area contributed by atoms with Gasteiger partial charge in [-0.3, -0.25) is 0 Å². The van der Waals surface area contributed by atoms with Gasteiger partial charge in [-0.25, -0.2) is 0 Å². The Balaban J connectivity index is 2.48. The van der Waals surface area contributed by atoms with Gasteiger partial charge in [0.2, 0.25) is 0 Å². The molecular weight excluding hydrogens is 255 g/mol. The van der Waals surface area contributed by atoms with Gasteiger partial charge in [0.1, 0.15) is 11.9 Å². The Morgan fingerprint density at radius 1 is 1.32 bits per heavy atom. The summed E-state index contributed by atoms with van der Waals surface area (Å²) >= 11 is 0. The van der Waals surface area contributed by atoms with Gasteiger partial charge in [0.05, 0.1) is 5.56 Å². The lowest BCUT2D eigenvalue weighted by atomic mass is 10.2. The molecule has 0 saturated carbocycles. The predicted octanol–water partition coefficient (Wildman–Crippen LogP) is 3.86. The van der Waals surface area contributed by atoms with Crippen molar-refractivity contribution < 1.29 is 17.9 Å². The average molecular weight is 275 g/mol. The molecule has 0 spiro atoms. The van der Waals surface area contributed by atoms with E-state index in [-0.39, 0.29) is 11.9 Å². The third kappa shape index (κ3) is 5.96. The van der Waals surface area contributed by atoms with Crippen molar-refractivity contribution in [3.8, 4) is 5.75 Å². The first-order valence-electron chi connectivity index (χ1n) is 6.48. The molecular formula is C14H20F3NO. The van der Waals surface area contributed by atoms with Gasteiger partial charge < -0.3 is 10.1 Å². The van der Waals surface area contributed by atoms with Crippen molar-refractivity contribution in [3.63, 3.8) is 0 Å². The molecule has 0 radical (unpaired) electrons. The molecule has 0 aliphatic carbocycles. The largest absolute Gasteiger partial charge is 0.489 e. The van der Waals surface area contributed by atoms with Gasteiger partial charge >= 0.3 is 6.18 Å². The van der Waals surface area contributed by atoms with Crippen LogP contribution in [0.4, 0.5) is 13.2 Å². The van der Waals surface area contributed by atoms with E-state index in [0.29, 0.717) is 6.54 Å². The van der Waals surface area contributed by atoms with Crippen LogP contribution in [-0.4, -0.2) is 19.2 Å². The van der Waals surface area contributed by atoms with Crippen molar-refractivity contribution in [2.45, 2.75) is 39.0 Å². The maximum absolute atomic E-state index is 12.5. The third-order valence-corrected chi connectivity index (χ3v) is 2.64. The second-order valence-electron chi connectivity index (χ2n) is 4.51. The van der Waals surface area contributed by atoms with E-state index >= 15 is 0 Å². The average Bonchev–Trinajstić information content (AvgIpc) is 2.34. The van der Waals surface area contributed by atoms with Gasteiger partial charge in [-0.1, -0.05) is 19.4 Å². The molecule has 1 aromatic carbocycles. The summed E-state index contributed by atoms with van der Waals surface area (Å²) in [7, 11) is 0. The van der Waals surface area contributed by atoms with Crippen LogP contribution >= 0.6 is 0 Å². The lowest BCUT2D eigenvalue weighted by Gasteiger charge is -2.16. The van der Waals surface area contributed by atoms with E-state index in [0.717, 1.165) is 31.5 Å². The Labute approximate surface area is 112 Å². The van der Waals surface area contributed by atoms with E-state index in [1.165, 1.54) is 12.1 Å². The molecule has 0 heterocycles.